The van der Waals surface area contributed by atoms with Gasteiger partial charge in [0.05, 0.1) is 6.04 Å². The third kappa shape index (κ3) is 2.76. The topological polar surface area (TPSA) is 56.0 Å². The second-order valence-electron chi connectivity index (χ2n) is 5.21. The quantitative estimate of drug-likeness (QED) is 0.596. The first-order valence-corrected chi connectivity index (χ1v) is 7.13. The normalized spacial score (nSPS) is 12.0. The molecule has 1 atom stereocenters. The van der Waals surface area contributed by atoms with Crippen LogP contribution >= 0.6 is 0 Å². The first kappa shape index (κ1) is 14.1. The number of aromatic nitrogens is 1. The molecule has 0 aliphatic heterocycles. The van der Waals surface area contributed by atoms with Gasteiger partial charge in [-0.15, -0.1) is 0 Å². The Morgan fingerprint density at radius 2 is 1.77 bits per heavy atom. The summed E-state index contributed by atoms with van der Waals surface area (Å²) < 4.78 is 0.572. The van der Waals surface area contributed by atoms with Crippen LogP contribution in [-0.4, -0.2) is 5.91 Å². The van der Waals surface area contributed by atoms with Crippen LogP contribution < -0.4 is 10.0 Å². The van der Waals surface area contributed by atoms with Crippen LogP contribution in [0.2, 0.25) is 0 Å². The summed E-state index contributed by atoms with van der Waals surface area (Å²) in [6.07, 6.45) is 1.32. The SMILES string of the molecule is C[C@H](NC(=O)c1cccc[n+]1[O-])c1ccc2ccccc2c1. The zero-order valence-corrected chi connectivity index (χ0v) is 12.2. The molecule has 1 aromatic heterocycles. The number of hydrogen-bond acceptors (Lipinski definition) is 2. The molecule has 0 aliphatic carbocycles. The lowest BCUT2D eigenvalue weighted by atomic mass is 10.0. The first-order valence-electron chi connectivity index (χ1n) is 7.13. The van der Waals surface area contributed by atoms with E-state index in [9.17, 15) is 10.0 Å². The summed E-state index contributed by atoms with van der Waals surface area (Å²) in [6, 6.07) is 18.7. The predicted octanol–water partition coefficient (Wildman–Crippen LogP) is 2.96. The van der Waals surface area contributed by atoms with Gasteiger partial charge in [0.2, 0.25) is 0 Å². The van der Waals surface area contributed by atoms with Crippen molar-refractivity contribution in [2.45, 2.75) is 13.0 Å². The van der Waals surface area contributed by atoms with Crippen LogP contribution in [0.1, 0.15) is 29.0 Å². The van der Waals surface area contributed by atoms with Gasteiger partial charge in [0, 0.05) is 12.1 Å². The van der Waals surface area contributed by atoms with Crippen LogP contribution in [0.5, 0.6) is 0 Å². The van der Waals surface area contributed by atoms with Gasteiger partial charge in [-0.3, -0.25) is 4.79 Å². The number of nitrogens with zero attached hydrogens (tertiary/aromatic N) is 1. The smallest absolute Gasteiger partial charge is 0.317 e. The van der Waals surface area contributed by atoms with Crippen molar-refractivity contribution in [2.75, 3.05) is 0 Å². The van der Waals surface area contributed by atoms with Crippen LogP contribution in [0.4, 0.5) is 0 Å². The molecule has 1 heterocycles. The van der Waals surface area contributed by atoms with Gasteiger partial charge in [-0.2, -0.15) is 4.73 Å². The molecular weight excluding hydrogens is 276 g/mol. The average Bonchev–Trinajstić information content (AvgIpc) is 2.54. The Labute approximate surface area is 128 Å². The second kappa shape index (κ2) is 5.85. The molecule has 0 radical (unpaired) electrons. The van der Waals surface area contributed by atoms with Crippen molar-refractivity contribution < 1.29 is 9.52 Å². The molecule has 0 bridgehead atoms. The van der Waals surface area contributed by atoms with Crippen molar-refractivity contribution in [3.8, 4) is 0 Å². The van der Waals surface area contributed by atoms with Gasteiger partial charge < -0.3 is 10.5 Å². The fraction of sp³-hybridized carbons (Fsp3) is 0.111. The van der Waals surface area contributed by atoms with E-state index >= 15 is 0 Å². The van der Waals surface area contributed by atoms with Crippen LogP contribution in [0.25, 0.3) is 10.8 Å². The number of amides is 1. The van der Waals surface area contributed by atoms with E-state index in [1.807, 2.05) is 43.3 Å². The largest absolute Gasteiger partial charge is 0.618 e. The van der Waals surface area contributed by atoms with Gasteiger partial charge in [0.15, 0.2) is 6.20 Å². The fourth-order valence-electron chi connectivity index (χ4n) is 2.44. The van der Waals surface area contributed by atoms with Gasteiger partial charge in [-0.1, -0.05) is 36.4 Å². The minimum Gasteiger partial charge on any atom is -0.618 e. The van der Waals surface area contributed by atoms with E-state index in [1.165, 1.54) is 12.3 Å². The van der Waals surface area contributed by atoms with E-state index in [4.69, 9.17) is 0 Å². The van der Waals surface area contributed by atoms with Crippen molar-refractivity contribution in [2.24, 2.45) is 0 Å². The maximum atomic E-state index is 12.2. The van der Waals surface area contributed by atoms with E-state index in [0.29, 0.717) is 4.73 Å². The summed E-state index contributed by atoms with van der Waals surface area (Å²) in [4.78, 5) is 12.2. The van der Waals surface area contributed by atoms with Crippen molar-refractivity contribution in [1.82, 2.24) is 5.32 Å². The summed E-state index contributed by atoms with van der Waals surface area (Å²) in [5, 5.41) is 16.7. The summed E-state index contributed by atoms with van der Waals surface area (Å²) in [5.74, 6) is -0.378. The molecule has 3 rings (SSSR count). The number of carbonyl (C=O) groups excluding carboxylic acids is 1. The molecule has 0 spiro atoms. The Balaban J connectivity index is 1.82. The molecule has 0 unspecified atom stereocenters. The van der Waals surface area contributed by atoms with Gasteiger partial charge in [-0.25, -0.2) is 0 Å². The van der Waals surface area contributed by atoms with Gasteiger partial charge in [0.1, 0.15) is 0 Å². The van der Waals surface area contributed by atoms with Crippen LogP contribution in [0.15, 0.2) is 66.9 Å². The summed E-state index contributed by atoms with van der Waals surface area (Å²) in [7, 11) is 0. The average molecular weight is 292 g/mol. The third-order valence-corrected chi connectivity index (χ3v) is 3.68. The number of nitrogens with one attached hydrogen (secondary N) is 1. The number of fused-ring (bicyclic) bond motifs is 1. The summed E-state index contributed by atoms with van der Waals surface area (Å²) in [6.45, 7) is 1.90. The van der Waals surface area contributed by atoms with Crippen LogP contribution in [0, 0.1) is 5.21 Å². The van der Waals surface area contributed by atoms with E-state index in [-0.39, 0.29) is 17.6 Å². The molecule has 1 N–H and O–H groups in total. The Kier molecular flexibility index (Phi) is 3.74. The number of pyridine rings is 1. The maximum absolute atomic E-state index is 12.2. The zero-order chi connectivity index (χ0) is 15.5. The van der Waals surface area contributed by atoms with Crippen molar-refractivity contribution in [1.29, 1.82) is 0 Å². The molecule has 110 valence electrons. The van der Waals surface area contributed by atoms with Crippen molar-refractivity contribution in [3.05, 3.63) is 83.3 Å². The Hall–Kier alpha value is -2.88. The van der Waals surface area contributed by atoms with Gasteiger partial charge >= 0.3 is 5.91 Å². The number of rotatable bonds is 3. The predicted molar refractivity (Wildman–Crippen MR) is 85.2 cm³/mol. The molecule has 4 nitrogen and oxygen atoms in total. The fourth-order valence-corrected chi connectivity index (χ4v) is 2.44. The van der Waals surface area contributed by atoms with Gasteiger partial charge in [0.25, 0.3) is 5.69 Å². The highest BCUT2D eigenvalue weighted by atomic mass is 16.5. The van der Waals surface area contributed by atoms with E-state index in [0.717, 1.165) is 16.3 Å². The Morgan fingerprint density at radius 3 is 2.55 bits per heavy atom. The molecule has 0 saturated carbocycles. The molecule has 3 aromatic rings. The number of carbonyl (C=O) groups is 1. The van der Waals surface area contributed by atoms with Crippen molar-refractivity contribution in [3.63, 3.8) is 0 Å². The highest BCUT2D eigenvalue weighted by molar-refractivity contribution is 5.91. The Bertz CT molecular complexity index is 830. The molecule has 0 fully saturated rings. The lowest BCUT2D eigenvalue weighted by molar-refractivity contribution is -0.607. The highest BCUT2D eigenvalue weighted by Gasteiger charge is 2.18. The van der Waals surface area contributed by atoms with E-state index in [2.05, 4.69) is 11.4 Å². The minimum absolute atomic E-state index is 0.0927. The van der Waals surface area contributed by atoms with Crippen LogP contribution in [0.3, 0.4) is 0 Å². The van der Waals surface area contributed by atoms with Gasteiger partial charge in [-0.05, 0) is 35.4 Å². The summed E-state index contributed by atoms with van der Waals surface area (Å²) in [5.41, 5.74) is 1.09. The third-order valence-electron chi connectivity index (χ3n) is 3.68. The standard InChI is InChI=1S/C18H16N2O2/c1-13(19-18(21)17-8-4-5-11-20(17)22)15-10-9-14-6-2-3-7-16(14)12-15/h2-13H,1H3,(H,19,21)/t13-/m0/s1. The summed E-state index contributed by atoms with van der Waals surface area (Å²) >= 11 is 0. The molecule has 1 amide bonds. The Morgan fingerprint density at radius 1 is 1.05 bits per heavy atom. The second-order valence-corrected chi connectivity index (χ2v) is 5.21. The highest BCUT2D eigenvalue weighted by Crippen LogP contribution is 2.20. The van der Waals surface area contributed by atoms with Crippen molar-refractivity contribution >= 4 is 16.7 Å². The number of hydrogen-bond donors (Lipinski definition) is 1. The van der Waals surface area contributed by atoms with Crippen LogP contribution in [-0.2, 0) is 0 Å². The molecule has 0 saturated heterocycles. The zero-order valence-electron chi connectivity index (χ0n) is 12.2. The number of benzene rings is 2. The first-order chi connectivity index (χ1) is 10.6. The lowest BCUT2D eigenvalue weighted by Gasteiger charge is -2.14. The molecule has 0 aliphatic rings. The minimum atomic E-state index is -0.378. The molecule has 22 heavy (non-hydrogen) atoms. The maximum Gasteiger partial charge on any atom is 0.317 e. The molecule has 4 heteroatoms. The van der Waals surface area contributed by atoms with E-state index < -0.39 is 0 Å². The monoisotopic (exact) mass is 292 g/mol. The molecular formula is C18H16N2O2. The molecule has 2 aromatic carbocycles. The lowest BCUT2D eigenvalue weighted by Crippen LogP contribution is -2.39. The van der Waals surface area contributed by atoms with E-state index in [1.54, 1.807) is 12.1 Å².